The monoisotopic (exact) mass is 405 g/mol. The Balaban J connectivity index is 1.77. The molecule has 3 aromatic heterocycles. The van der Waals surface area contributed by atoms with Crippen molar-refractivity contribution >= 4 is 22.8 Å². The van der Waals surface area contributed by atoms with Crippen LogP contribution in [-0.4, -0.2) is 48.6 Å². The molecule has 0 aliphatic carbocycles. The summed E-state index contributed by atoms with van der Waals surface area (Å²) in [7, 11) is 0. The lowest BCUT2D eigenvalue weighted by Crippen LogP contribution is -2.20. The first-order chi connectivity index (χ1) is 14.5. The van der Waals surface area contributed by atoms with Gasteiger partial charge in [0.05, 0.1) is 23.0 Å². The summed E-state index contributed by atoms with van der Waals surface area (Å²) in [6.45, 7) is 8.27. The zero-order chi connectivity index (χ0) is 21.3. The number of nitrogens with one attached hydrogen (secondary N) is 1. The molecule has 4 rings (SSSR count). The Kier molecular flexibility index (Phi) is 5.28. The molecule has 0 aliphatic heterocycles. The Labute approximate surface area is 173 Å². The molecule has 0 aliphatic rings. The lowest BCUT2D eigenvalue weighted by molar-refractivity contribution is -0.120. The van der Waals surface area contributed by atoms with Gasteiger partial charge in [0.1, 0.15) is 18.8 Å². The van der Waals surface area contributed by atoms with Gasteiger partial charge in [0.2, 0.25) is 0 Å². The molecule has 0 saturated carbocycles. The van der Waals surface area contributed by atoms with Gasteiger partial charge in [-0.2, -0.15) is 14.9 Å². The first kappa shape index (κ1) is 19.7. The molecule has 4 aromatic rings. The predicted molar refractivity (Wildman–Crippen MR) is 113 cm³/mol. The van der Waals surface area contributed by atoms with Crippen LogP contribution in [0.2, 0.25) is 0 Å². The number of aryl methyl sites for hydroxylation is 3. The van der Waals surface area contributed by atoms with Gasteiger partial charge >= 0.3 is 0 Å². The molecule has 1 aromatic carbocycles. The fourth-order valence-corrected chi connectivity index (χ4v) is 3.17. The van der Waals surface area contributed by atoms with E-state index in [1.54, 1.807) is 21.6 Å². The molecule has 0 saturated heterocycles. The fraction of sp³-hybridized carbons (Fsp3) is 0.286. The van der Waals surface area contributed by atoms with E-state index in [0.717, 1.165) is 16.8 Å². The van der Waals surface area contributed by atoms with Crippen molar-refractivity contribution in [3.63, 3.8) is 0 Å². The normalized spacial score (nSPS) is 11.2. The van der Waals surface area contributed by atoms with Gasteiger partial charge in [-0.15, -0.1) is 0 Å². The molecule has 1 amide bonds. The van der Waals surface area contributed by atoms with Crippen LogP contribution in [0.1, 0.15) is 23.7 Å². The number of aromatic nitrogens is 6. The lowest BCUT2D eigenvalue weighted by atomic mass is 10.1. The van der Waals surface area contributed by atoms with E-state index in [-0.39, 0.29) is 12.5 Å². The van der Waals surface area contributed by atoms with E-state index in [1.165, 1.54) is 17.5 Å². The molecular formula is C21H23N7O2. The van der Waals surface area contributed by atoms with Gasteiger partial charge in [0, 0.05) is 12.7 Å². The maximum atomic E-state index is 12.1. The summed E-state index contributed by atoms with van der Waals surface area (Å²) in [5.41, 5.74) is 4.70. The van der Waals surface area contributed by atoms with Crippen LogP contribution in [0.4, 0.5) is 5.82 Å². The number of hydrogen-bond donors (Lipinski definition) is 1. The third kappa shape index (κ3) is 3.67. The first-order valence-electron chi connectivity index (χ1n) is 9.69. The number of amides is 1. The number of carbonyl (C=O) groups is 1. The molecule has 9 heteroatoms. The number of benzene rings is 1. The quantitative estimate of drug-likeness (QED) is 0.529. The molecule has 1 N–H and O–H groups in total. The Hall–Kier alpha value is -3.59. The van der Waals surface area contributed by atoms with Crippen molar-refractivity contribution < 1.29 is 9.53 Å². The average Bonchev–Trinajstić information content (AvgIpc) is 3.31. The van der Waals surface area contributed by atoms with E-state index in [9.17, 15) is 4.79 Å². The highest BCUT2D eigenvalue weighted by molar-refractivity contribution is 5.92. The molecule has 0 bridgehead atoms. The summed E-state index contributed by atoms with van der Waals surface area (Å²) in [4.78, 5) is 21.0. The minimum Gasteiger partial charge on any atom is -0.372 e. The number of ether oxygens (including phenoxy) is 1. The zero-order valence-corrected chi connectivity index (χ0v) is 17.4. The van der Waals surface area contributed by atoms with E-state index >= 15 is 0 Å². The van der Waals surface area contributed by atoms with Crippen molar-refractivity contribution in [3.05, 3.63) is 53.6 Å². The predicted octanol–water partition coefficient (Wildman–Crippen LogP) is 2.90. The third-order valence-corrected chi connectivity index (χ3v) is 4.82. The SMILES string of the molecule is CCOCC(=O)Nc1cc(C)nn1-c1ncnc2c1cnn2-c1ccc(C)c(C)c1. The molecule has 0 spiro atoms. The van der Waals surface area contributed by atoms with Crippen LogP contribution in [-0.2, 0) is 9.53 Å². The summed E-state index contributed by atoms with van der Waals surface area (Å²) in [6, 6.07) is 7.92. The van der Waals surface area contributed by atoms with Gasteiger partial charge in [-0.3, -0.25) is 4.79 Å². The number of hydrogen-bond acceptors (Lipinski definition) is 6. The molecule has 30 heavy (non-hydrogen) atoms. The molecule has 0 unspecified atom stereocenters. The topological polar surface area (TPSA) is 99.8 Å². The Morgan fingerprint density at radius 1 is 1.10 bits per heavy atom. The number of nitrogens with zero attached hydrogens (tertiary/aromatic N) is 6. The van der Waals surface area contributed by atoms with Crippen LogP contribution in [0.25, 0.3) is 22.5 Å². The smallest absolute Gasteiger partial charge is 0.251 e. The second-order valence-electron chi connectivity index (χ2n) is 7.03. The van der Waals surface area contributed by atoms with E-state index in [1.807, 2.05) is 19.9 Å². The van der Waals surface area contributed by atoms with Gasteiger partial charge in [-0.25, -0.2) is 14.6 Å². The van der Waals surface area contributed by atoms with Gasteiger partial charge < -0.3 is 10.1 Å². The Bertz CT molecular complexity index is 1230. The standard InChI is InChI=1S/C21H23N7O2/c1-5-30-11-19(29)25-18-9-15(4)26-28(18)21-17-10-24-27(20(17)22-12-23-21)16-7-6-13(2)14(3)8-16/h6-10,12H,5,11H2,1-4H3,(H,25,29). The molecule has 154 valence electrons. The summed E-state index contributed by atoms with van der Waals surface area (Å²) < 4.78 is 8.55. The summed E-state index contributed by atoms with van der Waals surface area (Å²) in [6.07, 6.45) is 3.18. The third-order valence-electron chi connectivity index (χ3n) is 4.82. The Morgan fingerprint density at radius 2 is 1.93 bits per heavy atom. The number of rotatable bonds is 6. The first-order valence-corrected chi connectivity index (χ1v) is 9.69. The van der Waals surface area contributed by atoms with Gasteiger partial charge in [-0.05, 0) is 51.0 Å². The minimum atomic E-state index is -0.255. The lowest BCUT2D eigenvalue weighted by Gasteiger charge is -2.09. The van der Waals surface area contributed by atoms with Gasteiger partial charge in [0.25, 0.3) is 5.91 Å². The van der Waals surface area contributed by atoms with Crippen LogP contribution in [0.15, 0.2) is 36.8 Å². The van der Waals surface area contributed by atoms with Crippen molar-refractivity contribution in [2.75, 3.05) is 18.5 Å². The Morgan fingerprint density at radius 3 is 2.70 bits per heavy atom. The number of fused-ring (bicyclic) bond motifs is 1. The summed E-state index contributed by atoms with van der Waals surface area (Å²) in [5, 5.41) is 12.6. The molecular weight excluding hydrogens is 382 g/mol. The summed E-state index contributed by atoms with van der Waals surface area (Å²) >= 11 is 0. The van der Waals surface area contributed by atoms with Crippen LogP contribution < -0.4 is 5.32 Å². The number of anilines is 1. The average molecular weight is 405 g/mol. The highest BCUT2D eigenvalue weighted by atomic mass is 16.5. The van der Waals surface area contributed by atoms with E-state index < -0.39 is 0 Å². The molecule has 0 fully saturated rings. The highest BCUT2D eigenvalue weighted by Gasteiger charge is 2.17. The van der Waals surface area contributed by atoms with Crippen molar-refractivity contribution in [1.29, 1.82) is 0 Å². The molecule has 0 atom stereocenters. The second kappa shape index (κ2) is 8.03. The maximum Gasteiger partial charge on any atom is 0.251 e. The van der Waals surface area contributed by atoms with Crippen LogP contribution in [0.3, 0.4) is 0 Å². The highest BCUT2D eigenvalue weighted by Crippen LogP contribution is 2.24. The van der Waals surface area contributed by atoms with Crippen molar-refractivity contribution in [2.24, 2.45) is 0 Å². The van der Waals surface area contributed by atoms with Crippen LogP contribution in [0.5, 0.6) is 0 Å². The van der Waals surface area contributed by atoms with Crippen molar-refractivity contribution in [1.82, 2.24) is 29.5 Å². The van der Waals surface area contributed by atoms with Gasteiger partial charge in [0.15, 0.2) is 11.5 Å². The second-order valence-corrected chi connectivity index (χ2v) is 7.03. The molecule has 0 radical (unpaired) electrons. The van der Waals surface area contributed by atoms with E-state index in [0.29, 0.717) is 23.9 Å². The summed E-state index contributed by atoms with van der Waals surface area (Å²) in [5.74, 6) is 0.792. The largest absolute Gasteiger partial charge is 0.372 e. The maximum absolute atomic E-state index is 12.1. The van der Waals surface area contributed by atoms with Crippen molar-refractivity contribution in [3.8, 4) is 11.5 Å². The van der Waals surface area contributed by atoms with Crippen LogP contribution in [0, 0.1) is 20.8 Å². The number of carbonyl (C=O) groups excluding carboxylic acids is 1. The van der Waals surface area contributed by atoms with E-state index in [4.69, 9.17) is 4.74 Å². The van der Waals surface area contributed by atoms with Crippen LogP contribution >= 0.6 is 0 Å². The van der Waals surface area contributed by atoms with Gasteiger partial charge in [-0.1, -0.05) is 6.07 Å². The van der Waals surface area contributed by atoms with Crippen molar-refractivity contribution in [2.45, 2.75) is 27.7 Å². The fourth-order valence-electron chi connectivity index (χ4n) is 3.17. The molecule has 9 nitrogen and oxygen atoms in total. The molecule has 3 heterocycles. The zero-order valence-electron chi connectivity index (χ0n) is 17.4. The van der Waals surface area contributed by atoms with E-state index in [2.05, 4.69) is 51.5 Å². The minimum absolute atomic E-state index is 0.0232.